The van der Waals surface area contributed by atoms with Crippen LogP contribution < -0.4 is 4.74 Å². The number of hydrogen-bond donors (Lipinski definition) is 0. The lowest BCUT2D eigenvalue weighted by Crippen LogP contribution is -2.12. The number of rotatable bonds is 8. The first-order valence-corrected chi connectivity index (χ1v) is 11.2. The summed E-state index contributed by atoms with van der Waals surface area (Å²) >= 11 is 7.50. The standard InChI is InChI=1S/C24H19ClFN3O2S/c1-16(31-22-10-6-5-9-20(22)25)23-27-28-24(29(23)19-7-3-2-4-8-19)32-15-21(30)17-11-13-18(26)14-12-17/h2-14,16H,15H2,1H3. The molecule has 4 rings (SSSR count). The van der Waals surface area contributed by atoms with E-state index >= 15 is 0 Å². The molecule has 0 aliphatic carbocycles. The van der Waals surface area contributed by atoms with E-state index < -0.39 is 6.10 Å². The summed E-state index contributed by atoms with van der Waals surface area (Å²) in [5.74, 6) is 0.753. The maximum Gasteiger partial charge on any atom is 0.196 e. The van der Waals surface area contributed by atoms with Crippen LogP contribution in [0.5, 0.6) is 5.75 Å². The highest BCUT2D eigenvalue weighted by Gasteiger charge is 2.22. The minimum atomic E-state index is -0.454. The van der Waals surface area contributed by atoms with Crippen molar-refractivity contribution in [3.8, 4) is 11.4 Å². The Balaban J connectivity index is 1.60. The van der Waals surface area contributed by atoms with Gasteiger partial charge in [-0.05, 0) is 55.5 Å². The Morgan fingerprint density at radius 2 is 1.72 bits per heavy atom. The van der Waals surface area contributed by atoms with Gasteiger partial charge in [0.2, 0.25) is 0 Å². The fourth-order valence-electron chi connectivity index (χ4n) is 3.09. The predicted molar refractivity (Wildman–Crippen MR) is 123 cm³/mol. The highest BCUT2D eigenvalue weighted by atomic mass is 35.5. The molecular formula is C24H19ClFN3O2S. The van der Waals surface area contributed by atoms with Crippen LogP contribution in [-0.2, 0) is 0 Å². The first-order valence-electron chi connectivity index (χ1n) is 9.86. The number of halogens is 2. The fourth-order valence-corrected chi connectivity index (χ4v) is 4.12. The zero-order chi connectivity index (χ0) is 22.5. The minimum Gasteiger partial charge on any atom is -0.481 e. The average molecular weight is 468 g/mol. The Morgan fingerprint density at radius 3 is 2.44 bits per heavy atom. The number of benzene rings is 3. The van der Waals surface area contributed by atoms with Gasteiger partial charge in [-0.3, -0.25) is 9.36 Å². The topological polar surface area (TPSA) is 57.0 Å². The second-order valence-corrected chi connectivity index (χ2v) is 8.27. The summed E-state index contributed by atoms with van der Waals surface area (Å²) in [6.45, 7) is 1.87. The van der Waals surface area contributed by atoms with Crippen LogP contribution in [0.25, 0.3) is 5.69 Å². The molecule has 4 aromatic rings. The largest absolute Gasteiger partial charge is 0.481 e. The molecule has 1 aromatic heterocycles. The molecule has 1 heterocycles. The summed E-state index contributed by atoms with van der Waals surface area (Å²) in [5.41, 5.74) is 1.29. The van der Waals surface area contributed by atoms with Crippen LogP contribution in [0.15, 0.2) is 84.0 Å². The molecule has 0 spiro atoms. The lowest BCUT2D eigenvalue weighted by Gasteiger charge is -2.17. The van der Waals surface area contributed by atoms with Gasteiger partial charge in [0.05, 0.1) is 10.8 Å². The Labute approximate surface area is 194 Å². The van der Waals surface area contributed by atoms with Crippen LogP contribution >= 0.6 is 23.4 Å². The normalized spacial score (nSPS) is 11.8. The molecule has 0 fully saturated rings. The predicted octanol–water partition coefficient (Wildman–Crippen LogP) is 6.17. The van der Waals surface area contributed by atoms with E-state index in [2.05, 4.69) is 10.2 Å². The summed E-state index contributed by atoms with van der Waals surface area (Å²) in [5, 5.41) is 9.71. The molecule has 0 aliphatic rings. The molecule has 0 bridgehead atoms. The van der Waals surface area contributed by atoms with Crippen molar-refractivity contribution in [1.29, 1.82) is 0 Å². The zero-order valence-corrected chi connectivity index (χ0v) is 18.7. The number of nitrogens with zero attached hydrogens (tertiary/aromatic N) is 3. The maximum absolute atomic E-state index is 13.1. The van der Waals surface area contributed by atoms with Crippen LogP contribution in [0.1, 0.15) is 29.2 Å². The third-order valence-electron chi connectivity index (χ3n) is 4.68. The average Bonchev–Trinajstić information content (AvgIpc) is 3.24. The van der Waals surface area contributed by atoms with Crippen molar-refractivity contribution in [2.24, 2.45) is 0 Å². The van der Waals surface area contributed by atoms with E-state index in [0.29, 0.717) is 27.3 Å². The molecule has 0 saturated heterocycles. The number of para-hydroxylation sites is 2. The van der Waals surface area contributed by atoms with E-state index in [9.17, 15) is 9.18 Å². The van der Waals surface area contributed by atoms with Crippen LogP contribution in [0.3, 0.4) is 0 Å². The van der Waals surface area contributed by atoms with Crippen molar-refractivity contribution in [2.45, 2.75) is 18.2 Å². The maximum atomic E-state index is 13.1. The zero-order valence-electron chi connectivity index (χ0n) is 17.1. The Hall–Kier alpha value is -3.16. The van der Waals surface area contributed by atoms with Gasteiger partial charge in [0, 0.05) is 11.3 Å². The van der Waals surface area contributed by atoms with Crippen molar-refractivity contribution < 1.29 is 13.9 Å². The second-order valence-electron chi connectivity index (χ2n) is 6.92. The summed E-state index contributed by atoms with van der Waals surface area (Å²) in [4.78, 5) is 12.6. The van der Waals surface area contributed by atoms with Gasteiger partial charge in [-0.15, -0.1) is 10.2 Å². The molecule has 162 valence electrons. The molecular weight excluding hydrogens is 449 g/mol. The highest BCUT2D eigenvalue weighted by Crippen LogP contribution is 2.31. The molecule has 8 heteroatoms. The van der Waals surface area contributed by atoms with Gasteiger partial charge < -0.3 is 4.74 Å². The third-order valence-corrected chi connectivity index (χ3v) is 5.92. The van der Waals surface area contributed by atoms with Gasteiger partial charge in [-0.2, -0.15) is 0 Å². The van der Waals surface area contributed by atoms with Crippen LogP contribution in [-0.4, -0.2) is 26.3 Å². The van der Waals surface area contributed by atoms with Gasteiger partial charge in [-0.1, -0.05) is 53.7 Å². The van der Waals surface area contributed by atoms with Crippen molar-refractivity contribution >= 4 is 29.1 Å². The fraction of sp³-hybridized carbons (Fsp3) is 0.125. The molecule has 5 nitrogen and oxygen atoms in total. The first kappa shape index (κ1) is 22.0. The number of ether oxygens (including phenoxy) is 1. The summed E-state index contributed by atoms with van der Waals surface area (Å²) < 4.78 is 21.1. The van der Waals surface area contributed by atoms with Crippen molar-refractivity contribution in [2.75, 3.05) is 5.75 Å². The van der Waals surface area contributed by atoms with E-state index in [4.69, 9.17) is 16.3 Å². The van der Waals surface area contributed by atoms with Crippen molar-refractivity contribution in [3.05, 3.63) is 101 Å². The first-order chi connectivity index (χ1) is 15.5. The second kappa shape index (κ2) is 9.97. The van der Waals surface area contributed by atoms with Crippen molar-refractivity contribution in [3.63, 3.8) is 0 Å². The summed E-state index contributed by atoms with van der Waals surface area (Å²) in [6, 6.07) is 22.3. The smallest absolute Gasteiger partial charge is 0.196 e. The van der Waals surface area contributed by atoms with Gasteiger partial charge in [0.15, 0.2) is 22.9 Å². The summed E-state index contributed by atoms with van der Waals surface area (Å²) in [6.07, 6.45) is -0.454. The molecule has 0 aliphatic heterocycles. The van der Waals surface area contributed by atoms with Crippen LogP contribution in [0, 0.1) is 5.82 Å². The quantitative estimate of drug-likeness (QED) is 0.229. The van der Waals surface area contributed by atoms with Gasteiger partial charge in [0.1, 0.15) is 11.6 Å². The lowest BCUT2D eigenvalue weighted by atomic mass is 10.1. The van der Waals surface area contributed by atoms with Gasteiger partial charge in [-0.25, -0.2) is 4.39 Å². The SMILES string of the molecule is CC(Oc1ccccc1Cl)c1nnc(SCC(=O)c2ccc(F)cc2)n1-c1ccccc1. The van der Waals surface area contributed by atoms with Crippen LogP contribution in [0.2, 0.25) is 5.02 Å². The Morgan fingerprint density at radius 1 is 1.03 bits per heavy atom. The molecule has 0 amide bonds. The number of thioether (sulfide) groups is 1. The number of hydrogen-bond acceptors (Lipinski definition) is 5. The molecule has 1 unspecified atom stereocenters. The third kappa shape index (κ3) is 5.00. The number of Topliss-reactive ketones (excluding diaryl/α,β-unsaturated/α-hetero) is 1. The van der Waals surface area contributed by atoms with E-state index in [1.54, 1.807) is 12.1 Å². The van der Waals surface area contributed by atoms with Gasteiger partial charge in [0.25, 0.3) is 0 Å². The molecule has 1 atom stereocenters. The molecule has 32 heavy (non-hydrogen) atoms. The van der Waals surface area contributed by atoms with Gasteiger partial charge >= 0.3 is 0 Å². The Kier molecular flexibility index (Phi) is 6.87. The highest BCUT2D eigenvalue weighted by molar-refractivity contribution is 7.99. The molecule has 0 saturated carbocycles. The lowest BCUT2D eigenvalue weighted by molar-refractivity contribution is 0.102. The number of carbonyl (C=O) groups is 1. The van der Waals surface area contributed by atoms with E-state index in [0.717, 1.165) is 5.69 Å². The monoisotopic (exact) mass is 467 g/mol. The van der Waals surface area contributed by atoms with Crippen molar-refractivity contribution in [1.82, 2.24) is 14.8 Å². The summed E-state index contributed by atoms with van der Waals surface area (Å²) in [7, 11) is 0. The number of ketones is 1. The van der Waals surface area contributed by atoms with Crippen LogP contribution in [0.4, 0.5) is 4.39 Å². The molecule has 3 aromatic carbocycles. The minimum absolute atomic E-state index is 0.125. The van der Waals surface area contributed by atoms with E-state index in [1.807, 2.05) is 54.0 Å². The number of carbonyl (C=O) groups excluding carboxylic acids is 1. The number of aromatic nitrogens is 3. The van der Waals surface area contributed by atoms with E-state index in [-0.39, 0.29) is 17.4 Å². The molecule has 0 N–H and O–H groups in total. The Bertz CT molecular complexity index is 1220. The molecule has 0 radical (unpaired) electrons. The van der Waals surface area contributed by atoms with E-state index in [1.165, 1.54) is 36.0 Å².